The molecule has 0 unspecified atom stereocenters. The van der Waals surface area contributed by atoms with E-state index in [0.29, 0.717) is 0 Å². The zero-order valence-corrected chi connectivity index (χ0v) is 37.9. The summed E-state index contributed by atoms with van der Waals surface area (Å²) in [5, 5.41) is 2.14. The number of alkyl halides is 3. The second-order valence-corrected chi connectivity index (χ2v) is 34.8. The van der Waals surface area contributed by atoms with Gasteiger partial charge in [0.05, 0.1) is 0 Å². The minimum absolute atomic E-state index is 0.149. The van der Waals surface area contributed by atoms with Gasteiger partial charge in [0, 0.05) is 0 Å². The van der Waals surface area contributed by atoms with E-state index in [-0.39, 0.29) is 28.9 Å². The molecule has 0 aliphatic heterocycles. The van der Waals surface area contributed by atoms with Crippen molar-refractivity contribution in [1.82, 2.24) is 0 Å². The minimum atomic E-state index is -5.71. The van der Waals surface area contributed by atoms with Gasteiger partial charge in [0.1, 0.15) is 0 Å². The summed E-state index contributed by atoms with van der Waals surface area (Å²) in [6, 6.07) is 31.0. The molecule has 0 N–H and O–H groups in total. The molecule has 0 radical (unpaired) electrons. The predicted molar refractivity (Wildman–Crippen MR) is 232 cm³/mol. The molecule has 0 atom stereocenters. The Morgan fingerprint density at radius 1 is 0.518 bits per heavy atom. The third-order valence-electron chi connectivity index (χ3n) is 13.0. The number of hydrogen-bond donors (Lipinski definition) is 0. The van der Waals surface area contributed by atoms with Gasteiger partial charge in [-0.05, 0) is 0 Å². The van der Waals surface area contributed by atoms with E-state index >= 15 is 13.2 Å². The monoisotopic (exact) mass is 830 g/mol. The third-order valence-corrected chi connectivity index (χ3v) is 30.8. The molecule has 0 spiro atoms. The molecule has 2 aliphatic rings. The van der Waals surface area contributed by atoms with Crippen LogP contribution in [0.4, 0.5) is 13.2 Å². The van der Waals surface area contributed by atoms with Crippen molar-refractivity contribution in [2.24, 2.45) is 0 Å². The molecule has 5 aromatic rings. The average molecular weight is 832 g/mol. The first-order valence-electron chi connectivity index (χ1n) is 20.2. The maximum atomic E-state index is 15.0. The number of allylic oxidation sites excluding steroid dienone is 4. The molecular formula is C52H59F3Zr. The van der Waals surface area contributed by atoms with Gasteiger partial charge in [0.25, 0.3) is 0 Å². The molecule has 0 bridgehead atoms. The third kappa shape index (κ3) is 6.23. The molecule has 5 aromatic carbocycles. The second kappa shape index (κ2) is 12.9. The fraction of sp³-hybridized carbons (Fsp3) is 0.365. The Labute approximate surface area is 334 Å². The summed E-state index contributed by atoms with van der Waals surface area (Å²) in [5.74, 6) is 0. The van der Waals surface area contributed by atoms with Gasteiger partial charge in [-0.3, -0.25) is 0 Å². The molecule has 0 aromatic heterocycles. The Kier molecular flexibility index (Phi) is 9.38. The fourth-order valence-corrected chi connectivity index (χ4v) is 28.5. The molecule has 0 amide bonds. The van der Waals surface area contributed by atoms with Gasteiger partial charge in [-0.2, -0.15) is 0 Å². The van der Waals surface area contributed by atoms with Crippen LogP contribution < -0.4 is 6.54 Å². The van der Waals surface area contributed by atoms with Crippen LogP contribution in [0.25, 0.3) is 21.9 Å². The van der Waals surface area contributed by atoms with Crippen LogP contribution in [-0.2, 0) is 46.1 Å². The van der Waals surface area contributed by atoms with Crippen LogP contribution in [0.5, 0.6) is 0 Å². The Morgan fingerprint density at radius 2 is 0.964 bits per heavy atom. The molecule has 4 heteroatoms. The molecule has 0 nitrogen and oxygen atoms in total. The zero-order valence-electron chi connectivity index (χ0n) is 35.5. The van der Waals surface area contributed by atoms with Gasteiger partial charge in [0.15, 0.2) is 0 Å². The topological polar surface area (TPSA) is 0 Å². The standard InChI is InChI=1S/C29H41.C10H7.C7H4F3.C5H5.CH2.Zr/c1-26(2,3)22-14-18-13-19-15-23(27(4,5)6)25(29(10,11)12)17-21(19)20(18)16-24(22)28(7,8)9;1-2-6-10-8-4-3-7-9(10)5-1;8-7(9,10)6-4-2-1-3-5-6;1-2-4-5-3-1;;/h13-17H,1-12H3;1-7H;1-2,4-5H;1-5H;1H2;. The van der Waals surface area contributed by atoms with Crippen molar-refractivity contribution in [2.45, 2.75) is 118 Å². The maximum absolute atomic E-state index is 15.0. The van der Waals surface area contributed by atoms with Crippen LogP contribution in [0, 0.1) is 0 Å². The summed E-state index contributed by atoms with van der Waals surface area (Å²) >= 11 is -5.71. The van der Waals surface area contributed by atoms with Gasteiger partial charge < -0.3 is 0 Å². The molecule has 7 rings (SSSR count). The average Bonchev–Trinajstić information content (AvgIpc) is 3.76. The summed E-state index contributed by atoms with van der Waals surface area (Å²) in [6.45, 7) is 27.5. The van der Waals surface area contributed by atoms with Gasteiger partial charge in [-0.1, -0.05) is 0 Å². The molecule has 56 heavy (non-hydrogen) atoms. The van der Waals surface area contributed by atoms with Crippen LogP contribution in [0.1, 0.15) is 126 Å². The van der Waals surface area contributed by atoms with E-state index in [1.54, 1.807) is 6.07 Å². The van der Waals surface area contributed by atoms with Crippen LogP contribution in [0.3, 0.4) is 0 Å². The van der Waals surface area contributed by atoms with Crippen molar-refractivity contribution >= 4 is 21.5 Å². The Hall–Kier alpha value is -3.62. The molecule has 0 saturated carbocycles. The van der Waals surface area contributed by atoms with E-state index in [9.17, 15) is 0 Å². The summed E-state index contributed by atoms with van der Waals surface area (Å²) in [4.78, 5) is 0. The normalized spacial score (nSPS) is 15.9. The molecule has 0 heterocycles. The van der Waals surface area contributed by atoms with Crippen molar-refractivity contribution < 1.29 is 31.5 Å². The van der Waals surface area contributed by atoms with Crippen LogP contribution >= 0.6 is 0 Å². The first kappa shape index (κ1) is 40.6. The van der Waals surface area contributed by atoms with Gasteiger partial charge in [-0.15, -0.1) is 0 Å². The van der Waals surface area contributed by atoms with Crippen molar-refractivity contribution in [2.75, 3.05) is 0 Å². The van der Waals surface area contributed by atoms with Gasteiger partial charge >= 0.3 is 337 Å². The molecule has 0 saturated heterocycles. The number of benzene rings is 5. The van der Waals surface area contributed by atoms with Crippen molar-refractivity contribution in [3.63, 3.8) is 0 Å². The van der Waals surface area contributed by atoms with Crippen LogP contribution in [0.15, 0.2) is 115 Å². The zero-order chi connectivity index (χ0) is 41.0. The number of fused-ring (bicyclic) bond motifs is 4. The molecule has 292 valence electrons. The van der Waals surface area contributed by atoms with Gasteiger partial charge in [-0.25, -0.2) is 0 Å². The summed E-state index contributed by atoms with van der Waals surface area (Å²) in [6.07, 6.45) is 4.16. The Bertz CT molecular complexity index is 2410. The fourth-order valence-electron chi connectivity index (χ4n) is 10.3. The Morgan fingerprint density at radius 3 is 1.45 bits per heavy atom. The molecule has 0 fully saturated rings. The summed E-state index contributed by atoms with van der Waals surface area (Å²) in [5.41, 5.74) is 8.62. The van der Waals surface area contributed by atoms with E-state index in [1.165, 1.54) is 56.6 Å². The van der Waals surface area contributed by atoms with E-state index in [4.69, 9.17) is 4.21 Å². The van der Waals surface area contributed by atoms with E-state index in [2.05, 4.69) is 168 Å². The first-order chi connectivity index (χ1) is 25.8. The number of hydrogen-bond acceptors (Lipinski definition) is 0. The van der Waals surface area contributed by atoms with Crippen LogP contribution in [0.2, 0.25) is 3.63 Å². The van der Waals surface area contributed by atoms with E-state index < -0.39 is 30.0 Å². The summed E-state index contributed by atoms with van der Waals surface area (Å²) in [7, 11) is 0. The SMILES string of the molecule is [CH2]=[Zr]([c]1cccc(C(F)(F)F)c1)([c]1cccc2ccccc12)([CH]1C=CC=C1)[CH]1c2cc(C(C)(C)C)c(C(C)(C)C)cc2-c2cc(C(C)(C)C)c(C(C)(C)C)cc21. The van der Waals surface area contributed by atoms with E-state index in [1.807, 2.05) is 12.1 Å². The van der Waals surface area contributed by atoms with E-state index in [0.717, 1.165) is 17.3 Å². The Balaban J connectivity index is 1.81. The first-order valence-corrected chi connectivity index (χ1v) is 27.2. The summed E-state index contributed by atoms with van der Waals surface area (Å²) < 4.78 is 52.2. The quantitative estimate of drug-likeness (QED) is 0.169. The van der Waals surface area contributed by atoms with Crippen molar-refractivity contribution in [3.8, 4) is 11.1 Å². The molecular weight excluding hydrogens is 773 g/mol. The number of rotatable bonds is 4. The van der Waals surface area contributed by atoms with Gasteiger partial charge in [0.2, 0.25) is 0 Å². The number of halogens is 3. The van der Waals surface area contributed by atoms with Crippen molar-refractivity contribution in [1.29, 1.82) is 0 Å². The second-order valence-electron chi connectivity index (χ2n) is 20.9. The van der Waals surface area contributed by atoms with Crippen molar-refractivity contribution in [3.05, 3.63) is 154 Å². The molecule has 2 aliphatic carbocycles. The van der Waals surface area contributed by atoms with Crippen LogP contribution in [-0.4, -0.2) is 4.21 Å². The predicted octanol–water partition coefficient (Wildman–Crippen LogP) is 13.8.